The third kappa shape index (κ3) is 3.42. The Balaban J connectivity index is 2.84. The average Bonchev–Trinajstić information content (AvgIpc) is 2.73. The average molecular weight is 256 g/mol. The number of aryl methyl sites for hydroxylation is 1. The molecule has 17 heavy (non-hydrogen) atoms. The highest BCUT2D eigenvalue weighted by atomic mass is 32.1. The van der Waals surface area contributed by atoms with Crippen LogP contribution < -0.4 is 5.73 Å². The zero-order valence-corrected chi connectivity index (χ0v) is 10.7. The molecule has 7 heteroatoms. The molecule has 0 saturated carbocycles. The van der Waals surface area contributed by atoms with Gasteiger partial charge in [0.05, 0.1) is 17.7 Å². The minimum atomic E-state index is -0.126. The van der Waals surface area contributed by atoms with Crippen molar-refractivity contribution in [1.29, 1.82) is 0 Å². The van der Waals surface area contributed by atoms with E-state index in [9.17, 15) is 4.79 Å². The number of aromatic nitrogens is 1. The highest BCUT2D eigenvalue weighted by Gasteiger charge is 2.19. The summed E-state index contributed by atoms with van der Waals surface area (Å²) in [4.78, 5) is 18.4. The van der Waals surface area contributed by atoms with Crippen LogP contribution in [0.4, 0.5) is 0 Å². The standard InChI is InChI=1S/C10H16N4O2S/c1-3-4-14(5-8(11)13-16)10(15)9-7(2)12-6-17-9/h6,16H,3-5H2,1-2H3,(H2,11,13). The first-order valence-corrected chi connectivity index (χ1v) is 6.13. The highest BCUT2D eigenvalue weighted by molar-refractivity contribution is 7.11. The first-order chi connectivity index (χ1) is 8.10. The molecule has 0 unspecified atom stereocenters. The molecule has 94 valence electrons. The number of nitrogens with two attached hydrogens (primary N) is 1. The third-order valence-electron chi connectivity index (χ3n) is 2.20. The third-order valence-corrected chi connectivity index (χ3v) is 3.12. The molecule has 0 atom stereocenters. The lowest BCUT2D eigenvalue weighted by molar-refractivity contribution is 0.0782. The van der Waals surface area contributed by atoms with Crippen LogP contribution in [-0.4, -0.2) is 39.9 Å². The maximum atomic E-state index is 12.2. The van der Waals surface area contributed by atoms with Crippen LogP contribution in [0.5, 0.6) is 0 Å². The molecule has 1 heterocycles. The van der Waals surface area contributed by atoms with E-state index < -0.39 is 0 Å². The Morgan fingerprint density at radius 3 is 2.88 bits per heavy atom. The van der Waals surface area contributed by atoms with Crippen LogP contribution >= 0.6 is 11.3 Å². The van der Waals surface area contributed by atoms with Gasteiger partial charge in [0, 0.05) is 6.54 Å². The van der Waals surface area contributed by atoms with E-state index in [1.807, 2.05) is 6.92 Å². The summed E-state index contributed by atoms with van der Waals surface area (Å²) in [6.45, 7) is 4.44. The second kappa shape index (κ2) is 6.19. The van der Waals surface area contributed by atoms with Crippen molar-refractivity contribution >= 4 is 23.1 Å². The van der Waals surface area contributed by atoms with Crippen molar-refractivity contribution in [3.05, 3.63) is 16.1 Å². The molecule has 0 aliphatic carbocycles. The molecule has 0 aliphatic heterocycles. The van der Waals surface area contributed by atoms with E-state index in [2.05, 4.69) is 10.1 Å². The first-order valence-electron chi connectivity index (χ1n) is 5.25. The van der Waals surface area contributed by atoms with Gasteiger partial charge in [-0.2, -0.15) is 0 Å². The lowest BCUT2D eigenvalue weighted by Crippen LogP contribution is -2.39. The predicted octanol–water partition coefficient (Wildman–Crippen LogP) is 1.05. The minimum Gasteiger partial charge on any atom is -0.409 e. The lowest BCUT2D eigenvalue weighted by Gasteiger charge is -2.20. The SMILES string of the molecule is CCCN(CC(N)=NO)C(=O)c1scnc1C. The zero-order valence-electron chi connectivity index (χ0n) is 9.88. The first kappa shape index (κ1) is 13.4. The number of hydrogen-bond donors (Lipinski definition) is 2. The predicted molar refractivity (Wildman–Crippen MR) is 66.5 cm³/mol. The molecule has 0 bridgehead atoms. The van der Waals surface area contributed by atoms with E-state index in [1.165, 1.54) is 11.3 Å². The van der Waals surface area contributed by atoms with Crippen molar-refractivity contribution in [3.63, 3.8) is 0 Å². The number of oxime groups is 1. The second-order valence-corrected chi connectivity index (χ2v) is 4.44. The zero-order chi connectivity index (χ0) is 12.8. The van der Waals surface area contributed by atoms with Gasteiger partial charge < -0.3 is 15.8 Å². The number of hydrogen-bond acceptors (Lipinski definition) is 5. The van der Waals surface area contributed by atoms with Gasteiger partial charge >= 0.3 is 0 Å². The number of amides is 1. The summed E-state index contributed by atoms with van der Waals surface area (Å²) in [6.07, 6.45) is 0.808. The normalized spacial score (nSPS) is 11.5. The summed E-state index contributed by atoms with van der Waals surface area (Å²) in [6, 6.07) is 0. The van der Waals surface area contributed by atoms with Gasteiger partial charge in [-0.1, -0.05) is 12.1 Å². The fraction of sp³-hybridized carbons (Fsp3) is 0.500. The summed E-state index contributed by atoms with van der Waals surface area (Å²) < 4.78 is 0. The maximum Gasteiger partial charge on any atom is 0.266 e. The molecule has 1 rings (SSSR count). The van der Waals surface area contributed by atoms with Crippen molar-refractivity contribution in [2.45, 2.75) is 20.3 Å². The summed E-state index contributed by atoms with van der Waals surface area (Å²) in [5.41, 5.74) is 7.77. The Bertz CT molecular complexity index is 416. The largest absolute Gasteiger partial charge is 0.409 e. The van der Waals surface area contributed by atoms with Crippen LogP contribution in [0.25, 0.3) is 0 Å². The second-order valence-electron chi connectivity index (χ2n) is 3.58. The highest BCUT2D eigenvalue weighted by Crippen LogP contribution is 2.15. The van der Waals surface area contributed by atoms with Crippen LogP contribution in [0.15, 0.2) is 10.7 Å². The monoisotopic (exact) mass is 256 g/mol. The molecule has 3 N–H and O–H groups in total. The molecule has 6 nitrogen and oxygen atoms in total. The van der Waals surface area contributed by atoms with Crippen molar-refractivity contribution in [1.82, 2.24) is 9.88 Å². The Morgan fingerprint density at radius 1 is 1.71 bits per heavy atom. The van der Waals surface area contributed by atoms with Gasteiger partial charge in [0.25, 0.3) is 5.91 Å². The maximum absolute atomic E-state index is 12.2. The molecule has 0 saturated heterocycles. The smallest absolute Gasteiger partial charge is 0.266 e. The number of thiazole rings is 1. The topological polar surface area (TPSA) is 91.8 Å². The van der Waals surface area contributed by atoms with E-state index in [4.69, 9.17) is 10.9 Å². The van der Waals surface area contributed by atoms with Crippen LogP contribution in [0.3, 0.4) is 0 Å². The van der Waals surface area contributed by atoms with E-state index in [0.29, 0.717) is 17.1 Å². The molecule has 1 aromatic heterocycles. The number of amidine groups is 1. The van der Waals surface area contributed by atoms with Crippen molar-refractivity contribution in [3.8, 4) is 0 Å². The fourth-order valence-corrected chi connectivity index (χ4v) is 2.17. The summed E-state index contributed by atoms with van der Waals surface area (Å²) >= 11 is 1.30. The van der Waals surface area contributed by atoms with E-state index >= 15 is 0 Å². The van der Waals surface area contributed by atoms with Gasteiger partial charge in [0.2, 0.25) is 0 Å². The number of carbonyl (C=O) groups excluding carboxylic acids is 1. The van der Waals surface area contributed by atoms with Crippen molar-refractivity contribution in [2.24, 2.45) is 10.9 Å². The van der Waals surface area contributed by atoms with Gasteiger partial charge in [-0.15, -0.1) is 11.3 Å². The fourth-order valence-electron chi connectivity index (χ4n) is 1.40. The van der Waals surface area contributed by atoms with Gasteiger partial charge in [-0.3, -0.25) is 4.79 Å². The van der Waals surface area contributed by atoms with Gasteiger partial charge in [0.15, 0.2) is 5.84 Å². The molecule has 0 aromatic carbocycles. The summed E-state index contributed by atoms with van der Waals surface area (Å²) in [5, 5.41) is 11.4. The van der Waals surface area contributed by atoms with E-state index in [0.717, 1.165) is 6.42 Å². The molecule has 0 aliphatic rings. The molecule has 1 aromatic rings. The van der Waals surface area contributed by atoms with Gasteiger partial charge in [0.1, 0.15) is 4.88 Å². The Kier molecular flexibility index (Phi) is 4.89. The van der Waals surface area contributed by atoms with Crippen molar-refractivity contribution < 1.29 is 10.0 Å². The van der Waals surface area contributed by atoms with E-state index in [-0.39, 0.29) is 18.3 Å². The van der Waals surface area contributed by atoms with Gasteiger partial charge in [-0.05, 0) is 13.3 Å². The Labute approximate surface area is 104 Å². The van der Waals surface area contributed by atoms with Crippen LogP contribution in [-0.2, 0) is 0 Å². The number of nitrogens with zero attached hydrogens (tertiary/aromatic N) is 3. The van der Waals surface area contributed by atoms with Crippen LogP contribution in [0.1, 0.15) is 28.7 Å². The minimum absolute atomic E-state index is 0.0222. The summed E-state index contributed by atoms with van der Waals surface area (Å²) in [7, 11) is 0. The summed E-state index contributed by atoms with van der Waals surface area (Å²) in [5.74, 6) is -0.104. The lowest BCUT2D eigenvalue weighted by atomic mass is 10.3. The van der Waals surface area contributed by atoms with Gasteiger partial charge in [-0.25, -0.2) is 4.98 Å². The quantitative estimate of drug-likeness (QED) is 0.356. The number of carbonyl (C=O) groups is 1. The Morgan fingerprint density at radius 2 is 2.41 bits per heavy atom. The van der Waals surface area contributed by atoms with Crippen LogP contribution in [0.2, 0.25) is 0 Å². The van der Waals surface area contributed by atoms with E-state index in [1.54, 1.807) is 17.3 Å². The molecule has 1 amide bonds. The molecule has 0 radical (unpaired) electrons. The molecule has 0 fully saturated rings. The van der Waals surface area contributed by atoms with Crippen LogP contribution in [0, 0.1) is 6.92 Å². The molecular weight excluding hydrogens is 240 g/mol. The molecular formula is C10H16N4O2S. The number of rotatable bonds is 5. The Hall–Kier alpha value is -1.63. The van der Waals surface area contributed by atoms with Crippen molar-refractivity contribution in [2.75, 3.05) is 13.1 Å². The molecule has 0 spiro atoms.